The second kappa shape index (κ2) is 4.92. The van der Waals surface area contributed by atoms with Gasteiger partial charge < -0.3 is 0 Å². The van der Waals surface area contributed by atoms with E-state index in [1.54, 1.807) is 0 Å². The van der Waals surface area contributed by atoms with Gasteiger partial charge in [-0.3, -0.25) is 9.59 Å². The summed E-state index contributed by atoms with van der Waals surface area (Å²) >= 11 is 0. The van der Waals surface area contributed by atoms with E-state index >= 15 is 0 Å². The molecule has 0 amide bonds. The van der Waals surface area contributed by atoms with E-state index in [1.807, 2.05) is 0 Å². The van der Waals surface area contributed by atoms with Crippen LogP contribution in [-0.2, 0) is 9.59 Å². The minimum absolute atomic E-state index is 0.0386. The summed E-state index contributed by atoms with van der Waals surface area (Å²) < 4.78 is 0. The Kier molecular flexibility index (Phi) is 3.62. The Bertz CT molecular complexity index is 417. The van der Waals surface area contributed by atoms with Crippen molar-refractivity contribution < 1.29 is 9.59 Å². The van der Waals surface area contributed by atoms with Crippen LogP contribution in [0.3, 0.4) is 0 Å². The SMILES string of the molecule is CC(C)(C)C1CC2C(=O)C3CC(C(C)(C)C)CC3C(=O)C2C1. The van der Waals surface area contributed by atoms with Gasteiger partial charge in [0.05, 0.1) is 0 Å². The molecule has 0 aliphatic heterocycles. The molecule has 22 heavy (non-hydrogen) atoms. The van der Waals surface area contributed by atoms with Crippen LogP contribution in [0.5, 0.6) is 0 Å². The number of hydrogen-bond donors (Lipinski definition) is 0. The van der Waals surface area contributed by atoms with E-state index < -0.39 is 0 Å². The van der Waals surface area contributed by atoms with Gasteiger partial charge in [0.1, 0.15) is 11.6 Å². The lowest BCUT2D eigenvalue weighted by atomic mass is 9.69. The Balaban J connectivity index is 1.83. The Hall–Kier alpha value is -0.660. The number of fused-ring (bicyclic) bond motifs is 2. The highest BCUT2D eigenvalue weighted by Crippen LogP contribution is 2.56. The molecule has 4 unspecified atom stereocenters. The lowest BCUT2D eigenvalue weighted by molar-refractivity contribution is -0.144. The van der Waals surface area contributed by atoms with Crippen molar-refractivity contribution in [1.82, 2.24) is 0 Å². The molecule has 0 aromatic carbocycles. The Morgan fingerprint density at radius 3 is 1.00 bits per heavy atom. The van der Waals surface area contributed by atoms with Crippen LogP contribution in [0.4, 0.5) is 0 Å². The van der Waals surface area contributed by atoms with Crippen molar-refractivity contribution in [1.29, 1.82) is 0 Å². The molecule has 0 heterocycles. The van der Waals surface area contributed by atoms with Gasteiger partial charge >= 0.3 is 0 Å². The fourth-order valence-electron chi connectivity index (χ4n) is 5.30. The lowest BCUT2D eigenvalue weighted by Crippen LogP contribution is -2.42. The van der Waals surface area contributed by atoms with E-state index in [9.17, 15) is 9.59 Å². The summed E-state index contributed by atoms with van der Waals surface area (Å²) in [5.41, 5.74) is 0.419. The highest BCUT2D eigenvalue weighted by Gasteiger charge is 2.57. The van der Waals surface area contributed by atoms with E-state index in [1.165, 1.54) is 0 Å². The van der Waals surface area contributed by atoms with Gasteiger partial charge in [-0.05, 0) is 48.3 Å². The van der Waals surface area contributed by atoms with Crippen LogP contribution in [0, 0.1) is 46.3 Å². The Labute approximate surface area is 135 Å². The van der Waals surface area contributed by atoms with Crippen molar-refractivity contribution in [3.63, 3.8) is 0 Å². The molecule has 0 radical (unpaired) electrons. The average Bonchev–Trinajstić information content (AvgIpc) is 2.99. The molecular weight excluding hydrogens is 272 g/mol. The third kappa shape index (κ3) is 2.47. The normalized spacial score (nSPS) is 42.5. The van der Waals surface area contributed by atoms with Crippen LogP contribution in [0.15, 0.2) is 0 Å². The van der Waals surface area contributed by atoms with Crippen molar-refractivity contribution >= 4 is 11.6 Å². The highest BCUT2D eigenvalue weighted by molar-refractivity contribution is 6.00. The van der Waals surface area contributed by atoms with Crippen LogP contribution in [0.25, 0.3) is 0 Å². The summed E-state index contributed by atoms with van der Waals surface area (Å²) in [6, 6.07) is 0. The third-order valence-electron chi connectivity index (χ3n) is 7.04. The maximum Gasteiger partial charge on any atom is 0.140 e. The minimum Gasteiger partial charge on any atom is -0.299 e. The first-order chi connectivity index (χ1) is 10.00. The zero-order valence-electron chi connectivity index (χ0n) is 15.1. The number of Topliss-reactive ketones (excluding diaryl/α,β-unsaturated/α-hetero) is 2. The summed E-state index contributed by atoms with van der Waals surface area (Å²) in [5.74, 6) is 2.07. The van der Waals surface area contributed by atoms with E-state index in [0.717, 1.165) is 25.7 Å². The molecule has 0 saturated heterocycles. The van der Waals surface area contributed by atoms with Crippen LogP contribution >= 0.6 is 0 Å². The first-order valence-electron chi connectivity index (χ1n) is 9.07. The molecule has 0 N–H and O–H groups in total. The topological polar surface area (TPSA) is 34.1 Å². The molecule has 0 bridgehead atoms. The van der Waals surface area contributed by atoms with E-state index in [2.05, 4.69) is 41.5 Å². The first-order valence-corrected chi connectivity index (χ1v) is 9.07. The number of carbonyl (C=O) groups is 2. The maximum atomic E-state index is 13.0. The van der Waals surface area contributed by atoms with Crippen molar-refractivity contribution in [2.75, 3.05) is 0 Å². The maximum absolute atomic E-state index is 13.0. The fraction of sp³-hybridized carbons (Fsp3) is 0.900. The van der Waals surface area contributed by atoms with Crippen LogP contribution in [0.2, 0.25) is 0 Å². The summed E-state index contributed by atoms with van der Waals surface area (Å²) in [6.07, 6.45) is 3.79. The van der Waals surface area contributed by atoms with Crippen molar-refractivity contribution in [3.8, 4) is 0 Å². The van der Waals surface area contributed by atoms with Gasteiger partial charge in [-0.1, -0.05) is 41.5 Å². The standard InChI is InChI=1S/C20H32O2/c1-19(2,3)11-7-13-14(8-11)18(22)16-10-12(20(4,5)6)9-15(16)17(13)21/h11-16H,7-10H2,1-6H3. The monoisotopic (exact) mass is 304 g/mol. The molecule has 3 saturated carbocycles. The molecule has 2 nitrogen and oxygen atoms in total. The van der Waals surface area contributed by atoms with Crippen LogP contribution in [0.1, 0.15) is 67.2 Å². The van der Waals surface area contributed by atoms with Gasteiger partial charge in [0.15, 0.2) is 0 Å². The number of ketones is 2. The summed E-state index contributed by atoms with van der Waals surface area (Å²) in [4.78, 5) is 26.1. The lowest BCUT2D eigenvalue weighted by Gasteiger charge is -2.32. The zero-order valence-corrected chi connectivity index (χ0v) is 15.1. The summed E-state index contributed by atoms with van der Waals surface area (Å²) in [5, 5.41) is 0. The molecule has 3 aliphatic carbocycles. The Morgan fingerprint density at radius 1 is 0.591 bits per heavy atom. The van der Waals surface area contributed by atoms with Crippen LogP contribution in [-0.4, -0.2) is 11.6 Å². The summed E-state index contributed by atoms with van der Waals surface area (Å²) in [6.45, 7) is 13.5. The molecule has 3 aliphatic rings. The molecule has 0 aromatic rings. The van der Waals surface area contributed by atoms with E-state index in [4.69, 9.17) is 0 Å². The molecule has 0 aromatic heterocycles. The largest absolute Gasteiger partial charge is 0.299 e. The molecule has 3 fully saturated rings. The minimum atomic E-state index is 0.0386. The second-order valence-corrected chi connectivity index (χ2v) is 10.3. The quantitative estimate of drug-likeness (QED) is 0.659. The van der Waals surface area contributed by atoms with Gasteiger partial charge in [0.2, 0.25) is 0 Å². The third-order valence-corrected chi connectivity index (χ3v) is 7.04. The number of carbonyl (C=O) groups excluding carboxylic acids is 2. The average molecular weight is 304 g/mol. The van der Waals surface area contributed by atoms with E-state index in [0.29, 0.717) is 23.4 Å². The molecule has 2 heteroatoms. The van der Waals surface area contributed by atoms with Crippen molar-refractivity contribution in [2.24, 2.45) is 46.3 Å². The van der Waals surface area contributed by atoms with Crippen molar-refractivity contribution in [3.05, 3.63) is 0 Å². The molecule has 0 spiro atoms. The van der Waals surface area contributed by atoms with Gasteiger partial charge in [-0.15, -0.1) is 0 Å². The number of hydrogen-bond acceptors (Lipinski definition) is 2. The predicted octanol–water partition coefficient (Wildman–Crippen LogP) is 4.52. The van der Waals surface area contributed by atoms with E-state index in [-0.39, 0.29) is 34.5 Å². The van der Waals surface area contributed by atoms with Gasteiger partial charge in [-0.2, -0.15) is 0 Å². The fourth-order valence-corrected chi connectivity index (χ4v) is 5.30. The molecular formula is C20H32O2. The smallest absolute Gasteiger partial charge is 0.140 e. The van der Waals surface area contributed by atoms with Gasteiger partial charge in [0, 0.05) is 23.7 Å². The molecule has 4 atom stereocenters. The zero-order chi connectivity index (χ0) is 16.4. The second-order valence-electron chi connectivity index (χ2n) is 10.3. The molecule has 3 rings (SSSR count). The molecule has 124 valence electrons. The summed E-state index contributed by atoms with van der Waals surface area (Å²) in [7, 11) is 0. The van der Waals surface area contributed by atoms with Crippen LogP contribution < -0.4 is 0 Å². The van der Waals surface area contributed by atoms with Gasteiger partial charge in [0.25, 0.3) is 0 Å². The van der Waals surface area contributed by atoms with Crippen molar-refractivity contribution in [2.45, 2.75) is 67.2 Å². The van der Waals surface area contributed by atoms with Gasteiger partial charge in [-0.25, -0.2) is 0 Å². The first kappa shape index (κ1) is 16.2. The number of rotatable bonds is 0. The highest BCUT2D eigenvalue weighted by atomic mass is 16.1. The Morgan fingerprint density at radius 2 is 0.818 bits per heavy atom. The predicted molar refractivity (Wildman–Crippen MR) is 88.3 cm³/mol.